The molecule has 0 bridgehead atoms. The maximum absolute atomic E-state index is 13.9. The lowest BCUT2D eigenvalue weighted by Gasteiger charge is -2.25. The Morgan fingerprint density at radius 1 is 1.00 bits per heavy atom. The lowest BCUT2D eigenvalue weighted by atomic mass is 9.82. The Labute approximate surface area is 301 Å². The lowest BCUT2D eigenvalue weighted by molar-refractivity contribution is -0.125. The van der Waals surface area contributed by atoms with Crippen LogP contribution in [0.3, 0.4) is 0 Å². The van der Waals surface area contributed by atoms with Crippen molar-refractivity contribution < 1.29 is 23.5 Å². The third-order valence-corrected chi connectivity index (χ3v) is 9.62. The normalized spacial score (nSPS) is 14.4. The molecule has 1 unspecified atom stereocenters. The summed E-state index contributed by atoms with van der Waals surface area (Å²) < 4.78 is 19.9. The molecule has 1 saturated carbocycles. The standard InChI is InChI=1S/C22H23ClFNO2.C9H16O.C7H14O.C4H10/c1-6-12(2)20(26)19-11-18-21(27-19)14(22(3,4)5)10-17(25-18)13-7-8-15(23)16(24)9-13;1-3-9(8(2)10)6-4-5-7-9;1-5-6(8)7(2,3)4;1-3-4-2/h7-12H,6H2,1-5H3;10H,2-7H2,1H3;5H2,1-4H3;3-4H2,1-2H3. The van der Waals surface area contributed by atoms with E-state index in [-0.39, 0.29) is 33.0 Å². The number of aromatic nitrogens is 1. The van der Waals surface area contributed by atoms with Gasteiger partial charge in [-0.2, -0.15) is 0 Å². The maximum atomic E-state index is 13.9. The summed E-state index contributed by atoms with van der Waals surface area (Å²) >= 11 is 5.80. The average Bonchev–Trinajstić information content (AvgIpc) is 3.72. The second-order valence-corrected chi connectivity index (χ2v) is 15.7. The molecule has 1 fully saturated rings. The predicted molar refractivity (Wildman–Crippen MR) is 205 cm³/mol. The molecule has 2 aromatic heterocycles. The van der Waals surface area contributed by atoms with Gasteiger partial charge in [0.25, 0.3) is 0 Å². The van der Waals surface area contributed by atoms with Gasteiger partial charge in [0.2, 0.25) is 5.78 Å². The minimum atomic E-state index is -0.492. The van der Waals surface area contributed by atoms with Crippen molar-refractivity contribution in [1.29, 1.82) is 0 Å². The third-order valence-electron chi connectivity index (χ3n) is 9.31. The van der Waals surface area contributed by atoms with Crippen LogP contribution in [0.4, 0.5) is 4.39 Å². The quantitative estimate of drug-likeness (QED) is 0.187. The van der Waals surface area contributed by atoms with Gasteiger partial charge in [0.05, 0.1) is 16.5 Å². The van der Waals surface area contributed by atoms with E-state index in [2.05, 4.69) is 53.1 Å². The number of benzene rings is 1. The van der Waals surface area contributed by atoms with Crippen LogP contribution in [0.5, 0.6) is 0 Å². The van der Waals surface area contributed by atoms with Gasteiger partial charge in [-0.05, 0) is 49.3 Å². The largest absolute Gasteiger partial charge is 0.512 e. The zero-order chi connectivity index (χ0) is 37.7. The number of carbonyl (C=O) groups excluding carboxylic acids is 2. The number of hydrogen-bond acceptors (Lipinski definition) is 5. The molecular weight excluding hydrogens is 637 g/mol. The van der Waals surface area contributed by atoms with E-state index in [4.69, 9.17) is 16.0 Å². The number of ketones is 2. The van der Waals surface area contributed by atoms with Crippen LogP contribution in [0.2, 0.25) is 5.02 Å². The number of furan rings is 1. The number of halogens is 2. The van der Waals surface area contributed by atoms with Gasteiger partial charge in [-0.3, -0.25) is 9.59 Å². The number of Topliss-reactive ketones (excluding diaryl/α,β-unsaturated/α-hetero) is 2. The van der Waals surface area contributed by atoms with Gasteiger partial charge in [0.15, 0.2) is 11.3 Å². The van der Waals surface area contributed by atoms with Crippen molar-refractivity contribution in [2.75, 3.05) is 0 Å². The molecule has 274 valence electrons. The molecule has 1 N–H and O–H groups in total. The minimum Gasteiger partial charge on any atom is -0.512 e. The number of pyridine rings is 1. The molecule has 1 aliphatic carbocycles. The molecule has 3 aromatic rings. The molecule has 1 atom stereocenters. The predicted octanol–water partition coefficient (Wildman–Crippen LogP) is 13.7. The van der Waals surface area contributed by atoms with Crippen molar-refractivity contribution in [3.63, 3.8) is 0 Å². The lowest BCUT2D eigenvalue weighted by Crippen LogP contribution is -2.18. The molecule has 1 aliphatic rings. The van der Waals surface area contributed by atoms with Crippen LogP contribution in [0.25, 0.3) is 22.4 Å². The van der Waals surface area contributed by atoms with Crippen LogP contribution in [0.15, 0.2) is 47.1 Å². The van der Waals surface area contributed by atoms with Gasteiger partial charge in [0.1, 0.15) is 17.1 Å². The number of fused-ring (bicyclic) bond motifs is 1. The number of hydrogen-bond donors (Lipinski definition) is 1. The number of rotatable bonds is 8. The van der Waals surface area contributed by atoms with E-state index in [0.29, 0.717) is 46.1 Å². The summed E-state index contributed by atoms with van der Waals surface area (Å²) in [7, 11) is 0. The van der Waals surface area contributed by atoms with E-state index in [1.54, 1.807) is 12.1 Å². The molecule has 0 aliphatic heterocycles. The summed E-state index contributed by atoms with van der Waals surface area (Å²) in [6.45, 7) is 27.9. The Kier molecular flexibility index (Phi) is 17.4. The zero-order valence-electron chi connectivity index (χ0n) is 32.4. The fourth-order valence-electron chi connectivity index (χ4n) is 5.36. The Hall–Kier alpha value is -2.99. The summed E-state index contributed by atoms with van der Waals surface area (Å²) in [5, 5.41) is 9.38. The molecule has 5 nitrogen and oxygen atoms in total. The molecule has 1 aromatic carbocycles. The highest BCUT2D eigenvalue weighted by molar-refractivity contribution is 6.30. The highest BCUT2D eigenvalue weighted by Gasteiger charge is 2.34. The van der Waals surface area contributed by atoms with Gasteiger partial charge in [-0.25, -0.2) is 9.37 Å². The summed E-state index contributed by atoms with van der Waals surface area (Å²) in [4.78, 5) is 28.0. The number of carbonyl (C=O) groups is 2. The van der Waals surface area contributed by atoms with E-state index in [1.807, 2.05) is 47.6 Å². The van der Waals surface area contributed by atoms with Gasteiger partial charge >= 0.3 is 0 Å². The molecule has 4 rings (SSSR count). The number of nitrogens with zero attached hydrogens (tertiary/aromatic N) is 1. The molecule has 7 heteroatoms. The van der Waals surface area contributed by atoms with Crippen LogP contribution >= 0.6 is 11.6 Å². The molecule has 49 heavy (non-hydrogen) atoms. The van der Waals surface area contributed by atoms with Crippen molar-refractivity contribution in [2.24, 2.45) is 16.7 Å². The third kappa shape index (κ3) is 12.7. The van der Waals surface area contributed by atoms with Crippen LogP contribution in [0.1, 0.15) is 157 Å². The van der Waals surface area contributed by atoms with E-state index in [1.165, 1.54) is 37.8 Å². The molecular formula is C42H63ClFNO4. The van der Waals surface area contributed by atoms with Gasteiger partial charge in [0, 0.05) is 40.4 Å². The molecule has 0 amide bonds. The first-order chi connectivity index (χ1) is 22.7. The van der Waals surface area contributed by atoms with Crippen molar-refractivity contribution in [3.05, 3.63) is 64.8 Å². The van der Waals surface area contributed by atoms with E-state index in [9.17, 15) is 19.1 Å². The first-order valence-electron chi connectivity index (χ1n) is 18.1. The van der Waals surface area contributed by atoms with Gasteiger partial charge in [-0.1, -0.05) is 133 Å². The molecule has 0 radical (unpaired) electrons. The molecule has 0 spiro atoms. The number of aliphatic hydroxyl groups is 1. The first-order valence-corrected chi connectivity index (χ1v) is 18.5. The fourth-order valence-corrected chi connectivity index (χ4v) is 5.48. The summed E-state index contributed by atoms with van der Waals surface area (Å²) in [6.07, 6.45) is 9.87. The number of unbranched alkanes of at least 4 members (excludes halogenated alkanes) is 1. The Morgan fingerprint density at radius 3 is 1.94 bits per heavy atom. The monoisotopic (exact) mass is 699 g/mol. The summed E-state index contributed by atoms with van der Waals surface area (Å²) in [5.41, 5.74) is 3.09. The van der Waals surface area contributed by atoms with Crippen molar-refractivity contribution in [2.45, 2.75) is 146 Å². The fraction of sp³-hybridized carbons (Fsp3) is 0.595. The Bertz CT molecular complexity index is 1520. The van der Waals surface area contributed by atoms with Gasteiger partial charge < -0.3 is 9.52 Å². The van der Waals surface area contributed by atoms with Crippen LogP contribution < -0.4 is 0 Å². The van der Waals surface area contributed by atoms with Crippen molar-refractivity contribution in [1.82, 2.24) is 4.98 Å². The van der Waals surface area contributed by atoms with Crippen molar-refractivity contribution >= 4 is 34.3 Å². The second-order valence-electron chi connectivity index (χ2n) is 15.2. The second kappa shape index (κ2) is 19.4. The maximum Gasteiger partial charge on any atom is 0.200 e. The number of aliphatic hydroxyl groups excluding tert-OH is 1. The Morgan fingerprint density at radius 2 is 1.57 bits per heavy atom. The van der Waals surface area contributed by atoms with E-state index >= 15 is 0 Å². The van der Waals surface area contributed by atoms with E-state index < -0.39 is 5.82 Å². The SMILES string of the molecule is C=C(O)C1(CC)CCCC1.CCC(=O)C(C)(C)C.CCC(C)C(=O)c1cc2nc(-c3ccc(Cl)c(F)c3)cc(C(C)(C)C)c2o1.CCCC. The van der Waals surface area contributed by atoms with Crippen LogP contribution in [0, 0.1) is 22.6 Å². The first kappa shape index (κ1) is 44.0. The van der Waals surface area contributed by atoms with E-state index in [0.717, 1.165) is 31.2 Å². The smallest absolute Gasteiger partial charge is 0.200 e. The Balaban J connectivity index is 0.000000444. The highest BCUT2D eigenvalue weighted by Crippen LogP contribution is 2.45. The topological polar surface area (TPSA) is 80.4 Å². The zero-order valence-corrected chi connectivity index (χ0v) is 33.2. The minimum absolute atomic E-state index is 0.0329. The average molecular weight is 700 g/mol. The molecule has 2 heterocycles. The van der Waals surface area contributed by atoms with Crippen LogP contribution in [-0.2, 0) is 10.2 Å². The summed E-state index contributed by atoms with van der Waals surface area (Å²) in [5.74, 6) is 0.415. The van der Waals surface area contributed by atoms with Crippen molar-refractivity contribution in [3.8, 4) is 11.3 Å². The molecule has 0 saturated heterocycles. The van der Waals surface area contributed by atoms with Crippen LogP contribution in [-0.4, -0.2) is 21.7 Å². The highest BCUT2D eigenvalue weighted by atomic mass is 35.5. The number of allylic oxidation sites excluding steroid dienone is 1. The summed E-state index contributed by atoms with van der Waals surface area (Å²) in [6, 6.07) is 8.20. The van der Waals surface area contributed by atoms with Gasteiger partial charge in [-0.15, -0.1) is 0 Å².